The first-order chi connectivity index (χ1) is 15.6. The predicted octanol–water partition coefficient (Wildman–Crippen LogP) is 4.36. The van der Waals surface area contributed by atoms with Crippen molar-refractivity contribution in [2.75, 3.05) is 12.4 Å². The first-order valence-corrected chi connectivity index (χ1v) is 11.2. The van der Waals surface area contributed by atoms with E-state index in [1.54, 1.807) is 31.4 Å². The minimum atomic E-state index is -0.722. The standard InChI is InChI=1S/C25H30N4O3/c1-32-20-13-11-19(12-14-20)27-24(30)23(29-25(31)28-18-7-3-2-4-8-18)15-17-16-26-22-10-6-5-9-21(17)22/h5-6,9-14,16,18,23,26H,2-4,7-8,15H2,1H3,(H,27,30)(H2,28,29,31)/t23-/m1/s1. The summed E-state index contributed by atoms with van der Waals surface area (Å²) in [4.78, 5) is 29.1. The highest BCUT2D eigenvalue weighted by molar-refractivity contribution is 5.97. The van der Waals surface area contributed by atoms with E-state index in [0.717, 1.165) is 42.1 Å². The number of carbonyl (C=O) groups excluding carboxylic acids is 2. The molecule has 168 valence electrons. The molecule has 0 spiro atoms. The van der Waals surface area contributed by atoms with Gasteiger partial charge in [-0.3, -0.25) is 4.79 Å². The number of aromatic amines is 1. The van der Waals surface area contributed by atoms with E-state index in [0.29, 0.717) is 17.9 Å². The number of ether oxygens (including phenoxy) is 1. The lowest BCUT2D eigenvalue weighted by molar-refractivity contribution is -0.117. The molecule has 0 radical (unpaired) electrons. The van der Waals surface area contributed by atoms with Crippen LogP contribution in [0.3, 0.4) is 0 Å². The molecule has 1 aromatic heterocycles. The van der Waals surface area contributed by atoms with Gasteiger partial charge in [0.1, 0.15) is 11.8 Å². The quantitative estimate of drug-likeness (QED) is 0.445. The van der Waals surface area contributed by atoms with E-state index < -0.39 is 6.04 Å². The van der Waals surface area contributed by atoms with Gasteiger partial charge in [0.25, 0.3) is 0 Å². The first-order valence-electron chi connectivity index (χ1n) is 11.2. The highest BCUT2D eigenvalue weighted by Gasteiger charge is 2.24. The molecule has 4 rings (SSSR count). The molecule has 2 aromatic carbocycles. The number of rotatable bonds is 7. The summed E-state index contributed by atoms with van der Waals surface area (Å²) in [6.07, 6.45) is 7.72. The van der Waals surface area contributed by atoms with Crippen molar-refractivity contribution in [2.45, 2.75) is 50.6 Å². The summed E-state index contributed by atoms with van der Waals surface area (Å²) in [5.74, 6) is 0.447. The van der Waals surface area contributed by atoms with Crippen LogP contribution in [0.4, 0.5) is 10.5 Å². The van der Waals surface area contributed by atoms with Gasteiger partial charge in [-0.25, -0.2) is 4.79 Å². The van der Waals surface area contributed by atoms with Gasteiger partial charge in [-0.05, 0) is 48.7 Å². The van der Waals surface area contributed by atoms with Gasteiger partial charge in [-0.15, -0.1) is 0 Å². The second kappa shape index (κ2) is 10.2. The van der Waals surface area contributed by atoms with Crippen molar-refractivity contribution in [3.05, 3.63) is 60.3 Å². The highest BCUT2D eigenvalue weighted by Crippen LogP contribution is 2.21. The average Bonchev–Trinajstić information content (AvgIpc) is 3.22. The summed E-state index contributed by atoms with van der Waals surface area (Å²) in [6.45, 7) is 0. The summed E-state index contributed by atoms with van der Waals surface area (Å²) in [5, 5.41) is 9.92. The van der Waals surface area contributed by atoms with Crippen molar-refractivity contribution in [3.63, 3.8) is 0 Å². The maximum absolute atomic E-state index is 13.2. The van der Waals surface area contributed by atoms with E-state index in [4.69, 9.17) is 4.74 Å². The molecule has 0 aliphatic heterocycles. The molecule has 1 atom stereocenters. The fourth-order valence-electron chi connectivity index (χ4n) is 4.27. The maximum Gasteiger partial charge on any atom is 0.315 e. The monoisotopic (exact) mass is 434 g/mol. The maximum atomic E-state index is 13.2. The van der Waals surface area contributed by atoms with E-state index in [9.17, 15) is 9.59 Å². The fourth-order valence-corrected chi connectivity index (χ4v) is 4.27. The Morgan fingerprint density at radius 3 is 2.56 bits per heavy atom. The van der Waals surface area contributed by atoms with E-state index in [1.807, 2.05) is 30.5 Å². The second-order valence-electron chi connectivity index (χ2n) is 8.29. The molecule has 7 nitrogen and oxygen atoms in total. The van der Waals surface area contributed by atoms with Gasteiger partial charge in [-0.2, -0.15) is 0 Å². The van der Waals surface area contributed by atoms with Gasteiger partial charge in [0.05, 0.1) is 7.11 Å². The van der Waals surface area contributed by atoms with E-state index in [1.165, 1.54) is 6.42 Å². The number of carbonyl (C=O) groups is 2. The summed E-state index contributed by atoms with van der Waals surface area (Å²) in [5.41, 5.74) is 2.63. The molecule has 1 fully saturated rings. The van der Waals surface area contributed by atoms with Crippen LogP contribution in [0.25, 0.3) is 10.9 Å². The molecule has 1 aliphatic rings. The Balaban J connectivity index is 1.49. The predicted molar refractivity (Wildman–Crippen MR) is 126 cm³/mol. The van der Waals surface area contributed by atoms with Gasteiger partial charge in [0, 0.05) is 35.2 Å². The van der Waals surface area contributed by atoms with Gasteiger partial charge < -0.3 is 25.7 Å². The number of urea groups is 1. The summed E-state index contributed by atoms with van der Waals surface area (Å²) < 4.78 is 5.18. The van der Waals surface area contributed by atoms with Crippen LogP contribution in [-0.4, -0.2) is 36.1 Å². The summed E-state index contributed by atoms with van der Waals surface area (Å²) in [6, 6.07) is 14.2. The summed E-state index contributed by atoms with van der Waals surface area (Å²) >= 11 is 0. The number of methoxy groups -OCH3 is 1. The van der Waals surface area contributed by atoms with Crippen molar-refractivity contribution < 1.29 is 14.3 Å². The Morgan fingerprint density at radius 2 is 1.81 bits per heavy atom. The van der Waals surface area contributed by atoms with Crippen LogP contribution in [0, 0.1) is 0 Å². The van der Waals surface area contributed by atoms with Crippen LogP contribution >= 0.6 is 0 Å². The number of aromatic nitrogens is 1. The van der Waals surface area contributed by atoms with E-state index in [2.05, 4.69) is 20.9 Å². The molecule has 7 heteroatoms. The number of nitrogens with one attached hydrogen (secondary N) is 4. The molecule has 1 saturated carbocycles. The minimum Gasteiger partial charge on any atom is -0.497 e. The normalized spacial score (nSPS) is 15.2. The van der Waals surface area contributed by atoms with Crippen LogP contribution in [0.2, 0.25) is 0 Å². The van der Waals surface area contributed by atoms with Gasteiger partial charge in [0.15, 0.2) is 0 Å². The largest absolute Gasteiger partial charge is 0.497 e. The molecular formula is C25H30N4O3. The third kappa shape index (κ3) is 5.41. The number of fused-ring (bicyclic) bond motifs is 1. The molecule has 32 heavy (non-hydrogen) atoms. The number of hydrogen-bond donors (Lipinski definition) is 4. The number of H-pyrrole nitrogens is 1. The lowest BCUT2D eigenvalue weighted by Gasteiger charge is -2.25. The summed E-state index contributed by atoms with van der Waals surface area (Å²) in [7, 11) is 1.60. The molecule has 4 N–H and O–H groups in total. The SMILES string of the molecule is COc1ccc(NC(=O)[C@@H](Cc2c[nH]c3ccccc23)NC(=O)NC2CCCCC2)cc1. The molecular weight excluding hydrogens is 404 g/mol. The van der Waals surface area contributed by atoms with Crippen molar-refractivity contribution >= 4 is 28.5 Å². The number of hydrogen-bond acceptors (Lipinski definition) is 3. The Bertz CT molecular complexity index is 1050. The first kappa shape index (κ1) is 21.7. The molecule has 1 aliphatic carbocycles. The van der Waals surface area contributed by atoms with Crippen molar-refractivity contribution in [1.82, 2.24) is 15.6 Å². The lowest BCUT2D eigenvalue weighted by atomic mass is 9.96. The minimum absolute atomic E-state index is 0.169. The number of anilines is 1. The van der Waals surface area contributed by atoms with Crippen molar-refractivity contribution in [2.24, 2.45) is 0 Å². The molecule has 1 heterocycles. The third-order valence-electron chi connectivity index (χ3n) is 6.02. The average molecular weight is 435 g/mol. The van der Waals surface area contributed by atoms with Gasteiger partial charge in [0.2, 0.25) is 5.91 Å². The topological polar surface area (TPSA) is 95.2 Å². The van der Waals surface area contributed by atoms with Gasteiger partial charge >= 0.3 is 6.03 Å². The zero-order valence-electron chi connectivity index (χ0n) is 18.3. The van der Waals surface area contributed by atoms with Crippen molar-refractivity contribution in [3.8, 4) is 5.75 Å². The zero-order chi connectivity index (χ0) is 22.3. The van der Waals surface area contributed by atoms with Gasteiger partial charge in [-0.1, -0.05) is 37.5 Å². The molecule has 0 saturated heterocycles. The molecule has 0 unspecified atom stereocenters. The zero-order valence-corrected chi connectivity index (χ0v) is 18.3. The van der Waals surface area contributed by atoms with Crippen LogP contribution < -0.4 is 20.7 Å². The number of para-hydroxylation sites is 1. The Morgan fingerprint density at radius 1 is 1.06 bits per heavy atom. The smallest absolute Gasteiger partial charge is 0.315 e. The molecule has 3 amide bonds. The van der Waals surface area contributed by atoms with Crippen molar-refractivity contribution in [1.29, 1.82) is 0 Å². The Kier molecular flexibility index (Phi) is 6.94. The Labute approximate surface area is 187 Å². The Hall–Kier alpha value is -3.48. The highest BCUT2D eigenvalue weighted by atomic mass is 16.5. The van der Waals surface area contributed by atoms with E-state index >= 15 is 0 Å². The third-order valence-corrected chi connectivity index (χ3v) is 6.02. The number of benzene rings is 2. The lowest BCUT2D eigenvalue weighted by Crippen LogP contribution is -2.51. The van der Waals surface area contributed by atoms with E-state index in [-0.39, 0.29) is 18.0 Å². The second-order valence-corrected chi connectivity index (χ2v) is 8.29. The van der Waals surface area contributed by atoms with Crippen LogP contribution in [-0.2, 0) is 11.2 Å². The molecule has 3 aromatic rings. The number of amides is 3. The van der Waals surface area contributed by atoms with Crippen LogP contribution in [0.1, 0.15) is 37.7 Å². The molecule has 0 bridgehead atoms. The van der Waals surface area contributed by atoms with Crippen LogP contribution in [0.15, 0.2) is 54.7 Å². The fraction of sp³-hybridized carbons (Fsp3) is 0.360. The van der Waals surface area contributed by atoms with Crippen LogP contribution in [0.5, 0.6) is 5.75 Å².